The van der Waals surface area contributed by atoms with Crippen molar-refractivity contribution in [2.75, 3.05) is 0 Å². The summed E-state index contributed by atoms with van der Waals surface area (Å²) >= 11 is -1.64. The average molecular weight is 322 g/mol. The van der Waals surface area contributed by atoms with Crippen LogP contribution in [0.15, 0.2) is 64.5 Å². The van der Waals surface area contributed by atoms with Gasteiger partial charge in [-0.25, -0.2) is 0 Å². The van der Waals surface area contributed by atoms with Crippen LogP contribution in [0.1, 0.15) is 19.3 Å². The first-order valence-corrected chi connectivity index (χ1v) is 9.59. The van der Waals surface area contributed by atoms with Crippen molar-refractivity contribution < 1.29 is 34.2 Å². The molecular formula is C15H15ClZr. The average Bonchev–Trinajstić information content (AvgIpc) is 3.02. The van der Waals surface area contributed by atoms with Crippen LogP contribution >= 0.6 is 0 Å². The quantitative estimate of drug-likeness (QED) is 0.731. The standard InChI is InChI=1S/3C5H5.ClH.Zr/c3*1-2-4-5-3-1;;/h3*1-3H,4H2;1H;/q;;;;+1/p-1. The van der Waals surface area contributed by atoms with Gasteiger partial charge in [-0.15, -0.1) is 0 Å². The zero-order valence-corrected chi connectivity index (χ0v) is 12.9. The van der Waals surface area contributed by atoms with Crippen molar-refractivity contribution in [3.8, 4) is 0 Å². The molecule has 0 bridgehead atoms. The molecule has 0 saturated carbocycles. The topological polar surface area (TPSA) is 0 Å². The van der Waals surface area contributed by atoms with E-state index in [2.05, 4.69) is 54.7 Å². The van der Waals surface area contributed by atoms with Crippen LogP contribution in [0, 0.1) is 0 Å². The minimum Gasteiger partial charge on any atom is -1.00 e. The van der Waals surface area contributed by atoms with Gasteiger partial charge in [0.05, 0.1) is 0 Å². The largest absolute Gasteiger partial charge is 1.00 e. The van der Waals surface area contributed by atoms with Gasteiger partial charge in [0.25, 0.3) is 0 Å². The monoisotopic (exact) mass is 320 g/mol. The van der Waals surface area contributed by atoms with Crippen molar-refractivity contribution in [1.29, 1.82) is 0 Å². The van der Waals surface area contributed by atoms with Crippen LogP contribution in [0.25, 0.3) is 0 Å². The molecule has 17 heavy (non-hydrogen) atoms. The second-order valence-corrected chi connectivity index (χ2v) is 10.9. The maximum Gasteiger partial charge on any atom is -1.00 e. The summed E-state index contributed by atoms with van der Waals surface area (Å²) in [6.45, 7) is 0. The Morgan fingerprint density at radius 1 is 0.647 bits per heavy atom. The van der Waals surface area contributed by atoms with E-state index in [0.29, 0.717) is 0 Å². The summed E-state index contributed by atoms with van der Waals surface area (Å²) in [4.78, 5) is 0. The molecule has 2 heteroatoms. The molecule has 0 fully saturated rings. The first kappa shape index (κ1) is 13.1. The fourth-order valence-electron chi connectivity index (χ4n) is 2.52. The Balaban J connectivity index is 0.00000108. The normalized spacial score (nSPS) is 20.1. The Labute approximate surface area is 117 Å². The van der Waals surface area contributed by atoms with Gasteiger partial charge in [-0.2, -0.15) is 0 Å². The third kappa shape index (κ3) is 2.72. The molecule has 3 aliphatic carbocycles. The molecule has 0 radical (unpaired) electrons. The number of rotatable bonds is 3. The molecule has 3 aliphatic rings. The van der Waals surface area contributed by atoms with Crippen LogP contribution in [-0.4, -0.2) is 0 Å². The van der Waals surface area contributed by atoms with E-state index in [4.69, 9.17) is 0 Å². The van der Waals surface area contributed by atoms with Gasteiger partial charge in [-0.1, -0.05) is 0 Å². The smallest absolute Gasteiger partial charge is 1.00 e. The molecule has 0 heterocycles. The van der Waals surface area contributed by atoms with E-state index in [1.807, 2.05) is 0 Å². The first-order valence-electron chi connectivity index (χ1n) is 5.90. The molecule has 0 spiro atoms. The second-order valence-electron chi connectivity index (χ2n) is 4.35. The van der Waals surface area contributed by atoms with Crippen LogP contribution in [0.4, 0.5) is 0 Å². The maximum atomic E-state index is 2.38. The van der Waals surface area contributed by atoms with E-state index >= 15 is 0 Å². The summed E-state index contributed by atoms with van der Waals surface area (Å²) in [5, 5.41) is 0. The molecule has 0 nitrogen and oxygen atoms in total. The van der Waals surface area contributed by atoms with Gasteiger partial charge in [-0.05, 0) is 0 Å². The molecule has 0 aliphatic heterocycles. The summed E-state index contributed by atoms with van der Waals surface area (Å²) in [5.74, 6) is 0. The molecule has 0 aromatic heterocycles. The van der Waals surface area contributed by atoms with Gasteiger partial charge < -0.3 is 12.4 Å². The molecular weight excluding hydrogens is 307 g/mol. The third-order valence-corrected chi connectivity index (χ3v) is 10.7. The van der Waals surface area contributed by atoms with Crippen molar-refractivity contribution in [1.82, 2.24) is 0 Å². The van der Waals surface area contributed by atoms with E-state index in [1.165, 1.54) is 19.3 Å². The van der Waals surface area contributed by atoms with Crippen LogP contribution in [0.5, 0.6) is 0 Å². The van der Waals surface area contributed by atoms with Crippen molar-refractivity contribution in [2.45, 2.75) is 19.3 Å². The fraction of sp³-hybridized carbons (Fsp3) is 0.200. The number of hydrogen-bond donors (Lipinski definition) is 0. The molecule has 0 aromatic rings. The predicted molar refractivity (Wildman–Crippen MR) is 65.5 cm³/mol. The minimum atomic E-state index is -1.64. The molecule has 86 valence electrons. The van der Waals surface area contributed by atoms with E-state index < -0.39 is 21.8 Å². The minimum absolute atomic E-state index is 0. The van der Waals surface area contributed by atoms with Gasteiger partial charge in [0.1, 0.15) is 0 Å². The van der Waals surface area contributed by atoms with Gasteiger partial charge in [-0.3, -0.25) is 0 Å². The fourth-order valence-corrected chi connectivity index (χ4v) is 9.87. The summed E-state index contributed by atoms with van der Waals surface area (Å²) in [7, 11) is 0. The van der Waals surface area contributed by atoms with Crippen molar-refractivity contribution in [3.05, 3.63) is 64.5 Å². The van der Waals surface area contributed by atoms with Gasteiger partial charge in [0.2, 0.25) is 0 Å². The number of halogens is 1. The van der Waals surface area contributed by atoms with Gasteiger partial charge in [0.15, 0.2) is 0 Å². The van der Waals surface area contributed by atoms with E-state index in [1.54, 1.807) is 9.84 Å². The first-order chi connectivity index (χ1) is 7.95. The Morgan fingerprint density at radius 3 is 1.24 bits per heavy atom. The third-order valence-electron chi connectivity index (χ3n) is 3.28. The summed E-state index contributed by atoms with van der Waals surface area (Å²) in [5.41, 5.74) is 0. The van der Waals surface area contributed by atoms with Crippen molar-refractivity contribution in [3.63, 3.8) is 0 Å². The Morgan fingerprint density at radius 2 is 1.00 bits per heavy atom. The zero-order valence-electron chi connectivity index (χ0n) is 9.70. The second kappa shape index (κ2) is 5.98. The summed E-state index contributed by atoms with van der Waals surface area (Å²) < 4.78 is 5.27. The summed E-state index contributed by atoms with van der Waals surface area (Å²) in [6, 6.07) is 0. The zero-order chi connectivity index (χ0) is 10.8. The van der Waals surface area contributed by atoms with E-state index in [9.17, 15) is 0 Å². The van der Waals surface area contributed by atoms with Crippen molar-refractivity contribution in [2.24, 2.45) is 0 Å². The molecule has 0 aromatic carbocycles. The van der Waals surface area contributed by atoms with Crippen LogP contribution < -0.4 is 12.4 Å². The Bertz CT molecular complexity index is 404. The van der Waals surface area contributed by atoms with Crippen molar-refractivity contribution >= 4 is 0 Å². The molecule has 0 atom stereocenters. The molecule has 0 saturated heterocycles. The molecule has 0 amide bonds. The Hall–Kier alpha value is -0.387. The van der Waals surface area contributed by atoms with E-state index in [0.717, 1.165) is 0 Å². The van der Waals surface area contributed by atoms with Crippen LogP contribution in [0.2, 0.25) is 0 Å². The number of hydrogen-bond acceptors (Lipinski definition) is 0. The maximum absolute atomic E-state index is 2.38. The van der Waals surface area contributed by atoms with Crippen LogP contribution in [0.3, 0.4) is 0 Å². The SMILES string of the molecule is C1=CC[C]([Zr+]([C]2=CC=CC2)[C]2=CC=CC2)=C1.[Cl-]. The summed E-state index contributed by atoms with van der Waals surface area (Å²) in [6.07, 6.45) is 24.4. The number of allylic oxidation sites excluding steroid dienone is 12. The molecule has 3 rings (SSSR count). The van der Waals surface area contributed by atoms with E-state index in [-0.39, 0.29) is 12.4 Å². The molecule has 0 unspecified atom stereocenters. The predicted octanol–water partition coefficient (Wildman–Crippen LogP) is 1.14. The Kier molecular flexibility index (Phi) is 4.59. The van der Waals surface area contributed by atoms with Gasteiger partial charge >= 0.3 is 106 Å². The molecule has 0 N–H and O–H groups in total. The van der Waals surface area contributed by atoms with Gasteiger partial charge in [0, 0.05) is 0 Å². The van der Waals surface area contributed by atoms with Crippen LogP contribution in [-0.2, 0) is 21.8 Å².